The molecule has 0 amide bonds. The van der Waals surface area contributed by atoms with Crippen molar-refractivity contribution in [2.45, 2.75) is 32.6 Å². The van der Waals surface area contributed by atoms with Crippen molar-refractivity contribution in [2.75, 3.05) is 0 Å². The van der Waals surface area contributed by atoms with Crippen LogP contribution in [0.5, 0.6) is 0 Å². The standard InChI is InChI=1S/C6H11.2HI.Mg/c1-6-4-2-3-5-6;;;/h2-5H2,1H3;2*1H;/q;;;+2/p-2. The average Bonchev–Trinajstić information content (AvgIpc) is 2.20. The Morgan fingerprint density at radius 3 is 1.67 bits per heavy atom. The minimum absolute atomic E-state index is 0.357. The van der Waals surface area contributed by atoms with Gasteiger partial charge in [-0.05, 0) is 18.8 Å². The number of hydrogen-bond acceptors (Lipinski definition) is 0. The molecule has 3 heteroatoms. The van der Waals surface area contributed by atoms with E-state index in [1.807, 2.05) is 0 Å². The highest BCUT2D eigenvalue weighted by Crippen LogP contribution is 2.24. The lowest BCUT2D eigenvalue weighted by Crippen LogP contribution is -1.74. The molecule has 1 saturated carbocycles. The molecule has 1 radical (unpaired) electrons. The molecule has 0 spiro atoms. The van der Waals surface area contributed by atoms with Gasteiger partial charge in [-0.2, -0.15) is 0 Å². The highest BCUT2D eigenvalue weighted by atomic mass is 127. The molecule has 1 aliphatic carbocycles. The quantitative estimate of drug-likeness (QED) is 0.457. The Bertz CT molecular complexity index is 53.0. The number of halogens is 2. The summed E-state index contributed by atoms with van der Waals surface area (Å²) in [7, 11) is 0. The first-order valence-corrected chi connectivity index (χ1v) is 13.5. The zero-order chi connectivity index (χ0) is 7.11. The fourth-order valence-corrected chi connectivity index (χ4v) is 0.979. The van der Waals surface area contributed by atoms with Crippen LogP contribution in [0.3, 0.4) is 0 Å². The molecule has 0 bridgehead atoms. The first-order chi connectivity index (χ1) is 4.31. The van der Waals surface area contributed by atoms with Crippen molar-refractivity contribution in [2.24, 2.45) is 0 Å². The summed E-state index contributed by atoms with van der Waals surface area (Å²) < 4.78 is 0. The van der Waals surface area contributed by atoms with E-state index in [9.17, 15) is 0 Å². The number of rotatable bonds is 0. The summed E-state index contributed by atoms with van der Waals surface area (Å²) in [6, 6.07) is 0. The second-order valence-electron chi connectivity index (χ2n) is 2.27. The van der Waals surface area contributed by atoms with Crippen LogP contribution in [-0.2, 0) is 0 Å². The van der Waals surface area contributed by atoms with Crippen LogP contribution in [0.1, 0.15) is 32.6 Å². The Hall–Kier alpha value is 2.23. The summed E-state index contributed by atoms with van der Waals surface area (Å²) in [6.45, 7) is 2.26. The summed E-state index contributed by atoms with van der Waals surface area (Å²) in [5, 5.41) is 0. The van der Waals surface area contributed by atoms with Gasteiger partial charge in [0.15, 0.2) is 0 Å². The molecule has 1 rings (SSSR count). The Kier molecular flexibility index (Phi) is 10.4. The maximum Gasteiger partial charge on any atom is 0.552 e. The van der Waals surface area contributed by atoms with Gasteiger partial charge in [-0.1, -0.05) is 19.8 Å². The Morgan fingerprint density at radius 1 is 1.22 bits per heavy atom. The van der Waals surface area contributed by atoms with Crippen LogP contribution in [0.4, 0.5) is 0 Å². The fourth-order valence-electron chi connectivity index (χ4n) is 0.979. The highest BCUT2D eigenvalue weighted by molar-refractivity contribution is 14.3. The van der Waals surface area contributed by atoms with E-state index < -0.39 is 0 Å². The summed E-state index contributed by atoms with van der Waals surface area (Å²) in [4.78, 5) is 0. The van der Waals surface area contributed by atoms with Crippen LogP contribution in [0.2, 0.25) is 0 Å². The van der Waals surface area contributed by atoms with E-state index in [1.54, 1.807) is 5.92 Å². The van der Waals surface area contributed by atoms with E-state index in [0.29, 0.717) is 12.6 Å². The van der Waals surface area contributed by atoms with Crippen molar-refractivity contribution in [3.8, 4) is 0 Å². The van der Waals surface area contributed by atoms with E-state index in [2.05, 4.69) is 44.6 Å². The van der Waals surface area contributed by atoms with Crippen LogP contribution in [0.25, 0.3) is 0 Å². The first kappa shape index (κ1) is 11.2. The minimum Gasteiger partial charge on any atom is -0.276 e. The lowest BCUT2D eigenvalue weighted by atomic mass is 10.2. The summed E-state index contributed by atoms with van der Waals surface area (Å²) in [5.41, 5.74) is 0. The molecule has 0 saturated heterocycles. The van der Waals surface area contributed by atoms with E-state index >= 15 is 0 Å². The minimum atomic E-state index is 0.357. The molecule has 0 aromatic heterocycles. The summed E-state index contributed by atoms with van der Waals surface area (Å²) in [5.74, 6) is 1.70. The smallest absolute Gasteiger partial charge is 0.276 e. The predicted octanol–water partition coefficient (Wildman–Crippen LogP) is 3.55. The molecule has 0 aromatic carbocycles. The summed E-state index contributed by atoms with van der Waals surface area (Å²) in [6.07, 6.45) is 5.71. The van der Waals surface area contributed by atoms with Gasteiger partial charge in [-0.15, -0.1) is 0 Å². The van der Waals surface area contributed by atoms with Gasteiger partial charge in [0.05, 0.1) is 0 Å². The third-order valence-corrected chi connectivity index (χ3v) is 1.46. The molecular weight excluding hydrogens is 350 g/mol. The third-order valence-electron chi connectivity index (χ3n) is 1.46. The van der Waals surface area contributed by atoms with Crippen LogP contribution >= 0.6 is 37.7 Å². The van der Waals surface area contributed by atoms with Gasteiger partial charge in [0.25, 0.3) is 0 Å². The van der Waals surface area contributed by atoms with E-state index in [1.165, 1.54) is 25.7 Å². The molecule has 0 unspecified atom stereocenters. The third kappa shape index (κ3) is 8.13. The summed E-state index contributed by atoms with van der Waals surface area (Å²) >= 11 is 5.18. The van der Waals surface area contributed by atoms with Gasteiger partial charge in [0.1, 0.15) is 0 Å². The van der Waals surface area contributed by atoms with Gasteiger partial charge in [-0.3, -0.25) is 37.7 Å². The maximum absolute atomic E-state index is 2.41. The van der Waals surface area contributed by atoms with Gasteiger partial charge in [0.2, 0.25) is 0 Å². The van der Waals surface area contributed by atoms with Crippen molar-refractivity contribution in [1.29, 1.82) is 0 Å². The van der Waals surface area contributed by atoms with Gasteiger partial charge in [0, 0.05) is 0 Å². The van der Waals surface area contributed by atoms with Crippen LogP contribution in [0.15, 0.2) is 0 Å². The Balaban J connectivity index is 0.000000187. The van der Waals surface area contributed by atoms with Gasteiger partial charge >= 0.3 is 12.6 Å². The molecule has 51 valence electrons. The van der Waals surface area contributed by atoms with Crippen molar-refractivity contribution >= 4 is 50.3 Å². The number of hydrogen-bond donors (Lipinski definition) is 0. The SMILES string of the molecule is C[C]1CCCC1.[I][Mg][I]. The average molecular weight is 361 g/mol. The highest BCUT2D eigenvalue weighted by Gasteiger charge is 2.07. The topological polar surface area (TPSA) is 0 Å². The molecule has 0 heterocycles. The van der Waals surface area contributed by atoms with Gasteiger partial charge < -0.3 is 0 Å². The lowest BCUT2D eigenvalue weighted by Gasteiger charge is -1.90. The van der Waals surface area contributed by atoms with Crippen molar-refractivity contribution in [1.82, 2.24) is 0 Å². The molecule has 1 aliphatic rings. The van der Waals surface area contributed by atoms with Crippen molar-refractivity contribution in [3.63, 3.8) is 0 Å². The first-order valence-electron chi connectivity index (χ1n) is 3.24. The normalized spacial score (nSPS) is 18.1. The Morgan fingerprint density at radius 2 is 1.56 bits per heavy atom. The van der Waals surface area contributed by atoms with E-state index in [0.717, 1.165) is 0 Å². The Labute approximate surface area is 87.4 Å². The van der Waals surface area contributed by atoms with E-state index in [4.69, 9.17) is 0 Å². The molecule has 0 aliphatic heterocycles. The molecular formula is C6H11I2Mg. The van der Waals surface area contributed by atoms with Crippen LogP contribution in [0, 0.1) is 5.92 Å². The fraction of sp³-hybridized carbons (Fsp3) is 0.833. The van der Waals surface area contributed by atoms with Crippen LogP contribution in [-0.4, -0.2) is 12.6 Å². The van der Waals surface area contributed by atoms with E-state index in [-0.39, 0.29) is 0 Å². The predicted molar refractivity (Wildman–Crippen MR) is 61.2 cm³/mol. The second-order valence-corrected chi connectivity index (χ2v) is 15.8. The molecule has 0 nitrogen and oxygen atoms in total. The molecule has 9 heavy (non-hydrogen) atoms. The van der Waals surface area contributed by atoms with Crippen molar-refractivity contribution in [3.05, 3.63) is 5.92 Å². The molecule has 1 fully saturated rings. The van der Waals surface area contributed by atoms with Crippen molar-refractivity contribution < 1.29 is 0 Å². The van der Waals surface area contributed by atoms with Crippen LogP contribution < -0.4 is 0 Å². The molecule has 0 N–H and O–H groups in total. The molecule has 0 aromatic rings. The maximum atomic E-state index is 2.41. The zero-order valence-electron chi connectivity index (χ0n) is 5.79. The second kappa shape index (κ2) is 8.32. The largest absolute Gasteiger partial charge is 0.552 e. The van der Waals surface area contributed by atoms with Gasteiger partial charge in [-0.25, -0.2) is 0 Å². The monoisotopic (exact) mass is 361 g/mol. The molecule has 0 atom stereocenters. The lowest BCUT2D eigenvalue weighted by molar-refractivity contribution is 0.886. The zero-order valence-corrected chi connectivity index (χ0v) is 11.5.